The third-order valence-corrected chi connectivity index (χ3v) is 5.46. The lowest BCUT2D eigenvalue weighted by molar-refractivity contribution is 0.0874. The predicted molar refractivity (Wildman–Crippen MR) is 105 cm³/mol. The van der Waals surface area contributed by atoms with E-state index in [9.17, 15) is 14.4 Å². The Kier molecular flexibility index (Phi) is 7.35. The fraction of sp³-hybridized carbons (Fsp3) is 0.842. The minimum Gasteiger partial charge on any atom is -0.396 e. The quantitative estimate of drug-likeness (QED) is 0.228. The molecule has 2 aliphatic heterocycles. The van der Waals surface area contributed by atoms with Crippen LogP contribution in [0, 0.1) is 5.92 Å². The molecule has 3 heterocycles. The summed E-state index contributed by atoms with van der Waals surface area (Å²) in [6, 6.07) is 0. The second kappa shape index (κ2) is 10.2. The number of hydrogen-bond acceptors (Lipinski definition) is 9. The van der Waals surface area contributed by atoms with Crippen molar-refractivity contribution in [2.75, 3.05) is 52.9 Å². The molecule has 1 saturated carbocycles. The van der Waals surface area contributed by atoms with Crippen molar-refractivity contribution >= 4 is 0 Å². The highest BCUT2D eigenvalue weighted by Gasteiger charge is 2.37. The standard InChI is InChI=1S/C19H29N3O9/c23-8-13-7-16(13)29-6-3-22-18(25)20(1-4-27-9-14-11-30-14)17(24)21(19(22)26)2-5-28-10-15-12-31-15/h13-16,23H,1-12H2. The van der Waals surface area contributed by atoms with Crippen LogP contribution in [0.2, 0.25) is 0 Å². The van der Waals surface area contributed by atoms with E-state index < -0.39 is 17.1 Å². The summed E-state index contributed by atoms with van der Waals surface area (Å²) in [6.07, 6.45) is 0.874. The van der Waals surface area contributed by atoms with Crippen molar-refractivity contribution in [3.05, 3.63) is 31.5 Å². The average molecular weight is 443 g/mol. The zero-order chi connectivity index (χ0) is 21.8. The second-order valence-electron chi connectivity index (χ2n) is 7.95. The lowest BCUT2D eigenvalue weighted by Crippen LogP contribution is -2.55. The molecule has 3 aliphatic rings. The number of nitrogens with zero attached hydrogens (tertiary/aromatic N) is 3. The predicted octanol–water partition coefficient (Wildman–Crippen LogP) is -2.60. The van der Waals surface area contributed by atoms with Crippen molar-refractivity contribution in [3.8, 4) is 0 Å². The van der Waals surface area contributed by atoms with Crippen LogP contribution >= 0.6 is 0 Å². The van der Waals surface area contributed by atoms with Gasteiger partial charge in [-0.15, -0.1) is 0 Å². The van der Waals surface area contributed by atoms with Crippen LogP contribution in [0.25, 0.3) is 0 Å². The van der Waals surface area contributed by atoms with Gasteiger partial charge in [0.2, 0.25) is 0 Å². The Hall–Kier alpha value is -1.83. The number of epoxide rings is 2. The molecule has 1 aromatic heterocycles. The number of aliphatic hydroxyl groups is 1. The van der Waals surface area contributed by atoms with Crippen LogP contribution in [-0.2, 0) is 43.3 Å². The average Bonchev–Trinajstić information content (AvgIpc) is 3.60. The van der Waals surface area contributed by atoms with Crippen LogP contribution in [0.5, 0.6) is 0 Å². The van der Waals surface area contributed by atoms with Crippen molar-refractivity contribution < 1.29 is 28.8 Å². The van der Waals surface area contributed by atoms with Crippen molar-refractivity contribution in [2.24, 2.45) is 5.92 Å². The van der Waals surface area contributed by atoms with Gasteiger partial charge in [-0.1, -0.05) is 0 Å². The van der Waals surface area contributed by atoms with Gasteiger partial charge in [0.25, 0.3) is 0 Å². The molecule has 1 aliphatic carbocycles. The van der Waals surface area contributed by atoms with E-state index in [2.05, 4.69) is 0 Å². The molecule has 0 aromatic carbocycles. The minimum absolute atomic E-state index is 0.0140. The van der Waals surface area contributed by atoms with Crippen LogP contribution < -0.4 is 17.1 Å². The Labute approximate surface area is 177 Å². The van der Waals surface area contributed by atoms with Crippen LogP contribution in [0.15, 0.2) is 14.4 Å². The SMILES string of the molecule is O=c1n(CCOCC2CO2)c(=O)n(CCOC2CC2CO)c(=O)n1CCOCC1CO1. The summed E-state index contributed by atoms with van der Waals surface area (Å²) in [5.74, 6) is 0.113. The molecule has 4 unspecified atom stereocenters. The molecule has 0 amide bonds. The second-order valence-corrected chi connectivity index (χ2v) is 7.95. The minimum atomic E-state index is -0.692. The Bertz CT molecular complexity index is 857. The molecule has 2 saturated heterocycles. The lowest BCUT2D eigenvalue weighted by atomic mass is 10.5. The van der Waals surface area contributed by atoms with E-state index in [0.29, 0.717) is 26.4 Å². The van der Waals surface area contributed by atoms with Gasteiger partial charge in [-0.05, 0) is 6.42 Å². The molecule has 1 aromatic rings. The van der Waals surface area contributed by atoms with Gasteiger partial charge in [0.15, 0.2) is 0 Å². The monoisotopic (exact) mass is 443 g/mol. The summed E-state index contributed by atoms with van der Waals surface area (Å²) in [6.45, 7) is 2.68. The van der Waals surface area contributed by atoms with E-state index in [1.54, 1.807) is 0 Å². The van der Waals surface area contributed by atoms with Crippen molar-refractivity contribution in [1.29, 1.82) is 0 Å². The number of ether oxygens (including phenoxy) is 5. The normalized spacial score (nSPS) is 26.2. The first-order valence-electron chi connectivity index (χ1n) is 10.6. The Balaban J connectivity index is 1.43. The van der Waals surface area contributed by atoms with E-state index in [1.807, 2.05) is 0 Å². The summed E-state index contributed by atoms with van der Waals surface area (Å²) in [4.78, 5) is 38.5. The lowest BCUT2D eigenvalue weighted by Gasteiger charge is -2.14. The van der Waals surface area contributed by atoms with E-state index in [1.165, 1.54) is 0 Å². The number of rotatable bonds is 15. The summed E-state index contributed by atoms with van der Waals surface area (Å²) in [5.41, 5.74) is -2.07. The molecule has 12 nitrogen and oxygen atoms in total. The summed E-state index contributed by atoms with van der Waals surface area (Å²) < 4.78 is 29.7. The molecular weight excluding hydrogens is 414 g/mol. The van der Waals surface area contributed by atoms with E-state index in [0.717, 1.165) is 20.1 Å². The highest BCUT2D eigenvalue weighted by molar-refractivity contribution is 4.87. The van der Waals surface area contributed by atoms with Crippen LogP contribution in [0.1, 0.15) is 6.42 Å². The van der Waals surface area contributed by atoms with Gasteiger partial charge in [-0.2, -0.15) is 0 Å². The molecule has 31 heavy (non-hydrogen) atoms. The summed E-state index contributed by atoms with van der Waals surface area (Å²) in [7, 11) is 0. The van der Waals surface area contributed by atoms with Gasteiger partial charge >= 0.3 is 17.1 Å². The van der Waals surface area contributed by atoms with E-state index in [-0.39, 0.29) is 70.3 Å². The first kappa shape index (κ1) is 22.4. The maximum atomic E-state index is 12.8. The number of aliphatic hydroxyl groups excluding tert-OH is 1. The van der Waals surface area contributed by atoms with Gasteiger partial charge in [-0.25, -0.2) is 28.1 Å². The molecule has 1 N–H and O–H groups in total. The molecule has 4 rings (SSSR count). The Morgan fingerprint density at radius 2 is 1.26 bits per heavy atom. The molecule has 0 spiro atoms. The third-order valence-electron chi connectivity index (χ3n) is 5.46. The zero-order valence-corrected chi connectivity index (χ0v) is 17.3. The Morgan fingerprint density at radius 1 is 0.806 bits per heavy atom. The zero-order valence-electron chi connectivity index (χ0n) is 17.3. The van der Waals surface area contributed by atoms with Gasteiger partial charge in [0.1, 0.15) is 12.2 Å². The molecule has 0 bridgehead atoms. The topological polar surface area (TPSA) is 139 Å². The number of aromatic nitrogens is 3. The maximum Gasteiger partial charge on any atom is 0.336 e. The van der Waals surface area contributed by atoms with Crippen LogP contribution in [-0.4, -0.2) is 90.0 Å². The van der Waals surface area contributed by atoms with Crippen molar-refractivity contribution in [2.45, 2.75) is 44.4 Å². The van der Waals surface area contributed by atoms with Crippen molar-refractivity contribution in [1.82, 2.24) is 13.7 Å². The maximum absolute atomic E-state index is 12.8. The fourth-order valence-corrected chi connectivity index (χ4v) is 3.24. The molecule has 12 heteroatoms. The van der Waals surface area contributed by atoms with Gasteiger partial charge in [0.05, 0.1) is 72.0 Å². The van der Waals surface area contributed by atoms with E-state index >= 15 is 0 Å². The van der Waals surface area contributed by atoms with Crippen LogP contribution in [0.3, 0.4) is 0 Å². The van der Waals surface area contributed by atoms with E-state index in [4.69, 9.17) is 28.8 Å². The smallest absolute Gasteiger partial charge is 0.336 e. The van der Waals surface area contributed by atoms with Crippen LogP contribution in [0.4, 0.5) is 0 Å². The fourth-order valence-electron chi connectivity index (χ4n) is 3.24. The highest BCUT2D eigenvalue weighted by atomic mass is 16.6. The van der Waals surface area contributed by atoms with Crippen molar-refractivity contribution in [3.63, 3.8) is 0 Å². The molecule has 174 valence electrons. The summed E-state index contributed by atoms with van der Waals surface area (Å²) >= 11 is 0. The van der Waals surface area contributed by atoms with Gasteiger partial charge in [0, 0.05) is 12.5 Å². The summed E-state index contributed by atoms with van der Waals surface area (Å²) in [5, 5.41) is 9.10. The van der Waals surface area contributed by atoms with Gasteiger partial charge < -0.3 is 28.8 Å². The molecule has 4 atom stereocenters. The highest BCUT2D eigenvalue weighted by Crippen LogP contribution is 2.32. The third kappa shape index (κ3) is 6.11. The largest absolute Gasteiger partial charge is 0.396 e. The van der Waals surface area contributed by atoms with Gasteiger partial charge in [-0.3, -0.25) is 0 Å². The molecule has 0 radical (unpaired) electrons. The first-order valence-corrected chi connectivity index (χ1v) is 10.6. The first-order chi connectivity index (χ1) is 15.1. The molecule has 3 fully saturated rings. The Morgan fingerprint density at radius 3 is 1.65 bits per heavy atom. The molecular formula is C19H29N3O9. The number of hydrogen-bond donors (Lipinski definition) is 1.